The van der Waals surface area contributed by atoms with E-state index >= 15 is 0 Å². The van der Waals surface area contributed by atoms with E-state index in [0.29, 0.717) is 5.82 Å². The monoisotopic (exact) mass is 497 g/mol. The average molecular weight is 498 g/mol. The van der Waals surface area contributed by atoms with Crippen molar-refractivity contribution in [3.05, 3.63) is 127 Å². The minimum Gasteiger partial charge on any atom is -0.280 e. The first-order chi connectivity index (χ1) is 18.3. The molecule has 4 nitrogen and oxygen atoms in total. The molecule has 1 heterocycles. The molecule has 0 aliphatic rings. The maximum atomic E-state index is 13.7. The summed E-state index contributed by atoms with van der Waals surface area (Å²) in [4.78, 5) is 25.4. The predicted molar refractivity (Wildman–Crippen MR) is 153 cm³/mol. The zero-order valence-electron chi connectivity index (χ0n) is 20.0. The van der Waals surface area contributed by atoms with Crippen LogP contribution in [0.1, 0.15) is 0 Å². The zero-order valence-corrected chi connectivity index (χ0v) is 20.8. The Morgan fingerprint density at radius 2 is 1.22 bits per heavy atom. The standard InChI is InChI=1S/C32H23N3OS/c36-29(35(25-15-6-2-7-16-25)26-17-8-3-9-18-26)22-37-32-28-21-20-23-12-10-11-19-27(23)30(28)33-31(34-32)24-13-4-1-5-14-24/h1-21H,22H2. The van der Waals surface area contributed by atoms with Crippen molar-refractivity contribution in [3.8, 4) is 11.4 Å². The fraction of sp³-hybridized carbons (Fsp3) is 0.0312. The highest BCUT2D eigenvalue weighted by Crippen LogP contribution is 2.34. The Balaban J connectivity index is 1.41. The highest BCUT2D eigenvalue weighted by atomic mass is 32.2. The van der Waals surface area contributed by atoms with Crippen LogP contribution in [0.25, 0.3) is 33.1 Å². The number of fused-ring (bicyclic) bond motifs is 3. The normalized spacial score (nSPS) is 11.0. The second-order valence-corrected chi connectivity index (χ2v) is 9.55. The number of benzene rings is 5. The van der Waals surface area contributed by atoms with Crippen LogP contribution in [0, 0.1) is 0 Å². The molecular formula is C32H23N3OS. The van der Waals surface area contributed by atoms with Crippen LogP contribution in [0.2, 0.25) is 0 Å². The number of carbonyl (C=O) groups excluding carboxylic acids is 1. The summed E-state index contributed by atoms with van der Waals surface area (Å²) < 4.78 is 0. The molecule has 6 aromatic rings. The first-order valence-corrected chi connectivity index (χ1v) is 13.1. The highest BCUT2D eigenvalue weighted by molar-refractivity contribution is 8.00. The first-order valence-electron chi connectivity index (χ1n) is 12.1. The van der Waals surface area contributed by atoms with Crippen molar-refractivity contribution in [2.75, 3.05) is 10.7 Å². The Morgan fingerprint density at radius 3 is 1.89 bits per heavy atom. The van der Waals surface area contributed by atoms with Gasteiger partial charge in [0.2, 0.25) is 5.91 Å². The Morgan fingerprint density at radius 1 is 0.622 bits per heavy atom. The van der Waals surface area contributed by atoms with Gasteiger partial charge in [-0.05, 0) is 35.7 Å². The van der Waals surface area contributed by atoms with Crippen LogP contribution in [0.15, 0.2) is 132 Å². The lowest BCUT2D eigenvalue weighted by Crippen LogP contribution is -2.27. The van der Waals surface area contributed by atoms with E-state index in [1.54, 1.807) is 4.90 Å². The Kier molecular flexibility index (Phi) is 6.36. The summed E-state index contributed by atoms with van der Waals surface area (Å²) in [7, 11) is 0. The molecule has 0 aliphatic carbocycles. The van der Waals surface area contributed by atoms with E-state index in [1.807, 2.05) is 103 Å². The van der Waals surface area contributed by atoms with Gasteiger partial charge in [-0.15, -0.1) is 0 Å². The third kappa shape index (κ3) is 4.69. The van der Waals surface area contributed by atoms with E-state index in [4.69, 9.17) is 9.97 Å². The molecule has 37 heavy (non-hydrogen) atoms. The van der Waals surface area contributed by atoms with Crippen LogP contribution in [-0.4, -0.2) is 21.6 Å². The lowest BCUT2D eigenvalue weighted by molar-refractivity contribution is -0.115. The van der Waals surface area contributed by atoms with Gasteiger partial charge in [-0.1, -0.05) is 109 Å². The molecule has 0 fully saturated rings. The van der Waals surface area contributed by atoms with Gasteiger partial charge in [-0.2, -0.15) is 0 Å². The van der Waals surface area contributed by atoms with E-state index in [-0.39, 0.29) is 11.7 Å². The van der Waals surface area contributed by atoms with Crippen LogP contribution in [0.4, 0.5) is 11.4 Å². The fourth-order valence-corrected chi connectivity index (χ4v) is 5.31. The highest BCUT2D eigenvalue weighted by Gasteiger charge is 2.20. The molecule has 0 saturated heterocycles. The lowest BCUT2D eigenvalue weighted by Gasteiger charge is -2.23. The summed E-state index contributed by atoms with van der Waals surface area (Å²) in [5.41, 5.74) is 3.51. The number of carbonyl (C=O) groups is 1. The molecule has 178 valence electrons. The summed E-state index contributed by atoms with van der Waals surface area (Å²) in [6.45, 7) is 0. The number of nitrogens with zero attached hydrogens (tertiary/aromatic N) is 3. The van der Waals surface area contributed by atoms with Crippen LogP contribution in [-0.2, 0) is 4.79 Å². The minimum absolute atomic E-state index is 0.0174. The smallest absolute Gasteiger partial charge is 0.241 e. The quantitative estimate of drug-likeness (QED) is 0.133. The van der Waals surface area contributed by atoms with Gasteiger partial charge in [-0.25, -0.2) is 9.97 Å². The maximum absolute atomic E-state index is 13.7. The van der Waals surface area contributed by atoms with Crippen LogP contribution >= 0.6 is 11.8 Å². The number of hydrogen-bond acceptors (Lipinski definition) is 4. The summed E-state index contributed by atoms with van der Waals surface area (Å²) in [6, 6.07) is 41.9. The first kappa shape index (κ1) is 23.0. The van der Waals surface area contributed by atoms with Crippen molar-refractivity contribution < 1.29 is 4.79 Å². The molecule has 5 heteroatoms. The molecule has 1 aromatic heterocycles. The van der Waals surface area contributed by atoms with Gasteiger partial charge >= 0.3 is 0 Å². The number of para-hydroxylation sites is 2. The molecule has 0 bridgehead atoms. The third-order valence-electron chi connectivity index (χ3n) is 6.20. The van der Waals surface area contributed by atoms with Crippen LogP contribution in [0.5, 0.6) is 0 Å². The number of rotatable bonds is 6. The molecule has 0 spiro atoms. The van der Waals surface area contributed by atoms with E-state index < -0.39 is 0 Å². The fourth-order valence-electron chi connectivity index (χ4n) is 4.45. The summed E-state index contributed by atoms with van der Waals surface area (Å²) in [6.07, 6.45) is 0. The van der Waals surface area contributed by atoms with Crippen molar-refractivity contribution >= 4 is 50.7 Å². The maximum Gasteiger partial charge on any atom is 0.241 e. The minimum atomic E-state index is -0.0174. The van der Waals surface area contributed by atoms with Crippen molar-refractivity contribution in [2.45, 2.75) is 5.03 Å². The van der Waals surface area contributed by atoms with Gasteiger partial charge in [0.25, 0.3) is 0 Å². The van der Waals surface area contributed by atoms with Gasteiger partial charge < -0.3 is 0 Å². The third-order valence-corrected chi connectivity index (χ3v) is 7.17. The van der Waals surface area contributed by atoms with Crippen molar-refractivity contribution in [1.82, 2.24) is 9.97 Å². The lowest BCUT2D eigenvalue weighted by atomic mass is 10.1. The van der Waals surface area contributed by atoms with Crippen molar-refractivity contribution in [1.29, 1.82) is 0 Å². The zero-order chi connectivity index (χ0) is 25.0. The molecule has 0 unspecified atom stereocenters. The van der Waals surface area contributed by atoms with Crippen molar-refractivity contribution in [2.24, 2.45) is 0 Å². The van der Waals surface area contributed by atoms with Gasteiger partial charge in [0.05, 0.1) is 11.3 Å². The summed E-state index contributed by atoms with van der Waals surface area (Å²) in [5, 5.41) is 3.94. The number of anilines is 2. The molecular weight excluding hydrogens is 474 g/mol. The van der Waals surface area contributed by atoms with Gasteiger partial charge in [0.1, 0.15) is 5.03 Å². The van der Waals surface area contributed by atoms with Gasteiger partial charge in [0.15, 0.2) is 5.82 Å². The molecule has 5 aromatic carbocycles. The van der Waals surface area contributed by atoms with E-state index in [0.717, 1.165) is 43.6 Å². The van der Waals surface area contributed by atoms with E-state index in [2.05, 4.69) is 24.3 Å². The Hall–Kier alpha value is -4.48. The molecule has 0 aliphatic heterocycles. The predicted octanol–water partition coefficient (Wildman–Crippen LogP) is 7.91. The molecule has 1 amide bonds. The van der Waals surface area contributed by atoms with Gasteiger partial charge in [-0.3, -0.25) is 9.69 Å². The average Bonchev–Trinajstić information content (AvgIpc) is 2.97. The molecule has 6 rings (SSSR count). The largest absolute Gasteiger partial charge is 0.280 e. The van der Waals surface area contributed by atoms with Gasteiger partial charge in [0, 0.05) is 27.7 Å². The topological polar surface area (TPSA) is 46.1 Å². The summed E-state index contributed by atoms with van der Waals surface area (Å²) >= 11 is 1.45. The van der Waals surface area contributed by atoms with Crippen LogP contribution < -0.4 is 4.90 Å². The summed E-state index contributed by atoms with van der Waals surface area (Å²) in [5.74, 6) is 0.871. The molecule has 0 atom stereocenters. The molecule has 0 saturated carbocycles. The van der Waals surface area contributed by atoms with Crippen molar-refractivity contribution in [3.63, 3.8) is 0 Å². The number of amides is 1. The second kappa shape index (κ2) is 10.2. The van der Waals surface area contributed by atoms with Crippen LogP contribution in [0.3, 0.4) is 0 Å². The van der Waals surface area contributed by atoms with E-state index in [1.165, 1.54) is 11.8 Å². The number of thioether (sulfide) groups is 1. The SMILES string of the molecule is O=C(CSc1nc(-c2ccccc2)nc2c1ccc1ccccc12)N(c1ccccc1)c1ccccc1. The molecule has 0 radical (unpaired) electrons. The number of hydrogen-bond donors (Lipinski definition) is 0. The number of aromatic nitrogens is 2. The molecule has 0 N–H and O–H groups in total. The second-order valence-electron chi connectivity index (χ2n) is 8.59. The Bertz CT molecular complexity index is 1650. The van der Waals surface area contributed by atoms with E-state index in [9.17, 15) is 4.79 Å². The Labute approximate surface area is 219 Å².